The number of hydrogen-bond donors (Lipinski definition) is 3. The molecule has 0 radical (unpaired) electrons. The second-order valence-corrected chi connectivity index (χ2v) is 7.88. The Morgan fingerprint density at radius 2 is 2.06 bits per heavy atom. The number of carbonyl (C=O) groups is 1. The Kier molecular flexibility index (Phi) is 7.11. The highest BCUT2D eigenvalue weighted by molar-refractivity contribution is 6.32. The van der Waals surface area contributed by atoms with E-state index in [9.17, 15) is 15.0 Å². The number of pyridine rings is 1. The summed E-state index contributed by atoms with van der Waals surface area (Å²) in [5.41, 5.74) is 6.84. The van der Waals surface area contributed by atoms with Crippen LogP contribution in [0, 0.1) is 6.92 Å². The first-order valence-corrected chi connectivity index (χ1v) is 9.94. The third kappa shape index (κ3) is 5.31. The van der Waals surface area contributed by atoms with Gasteiger partial charge in [-0.1, -0.05) is 22.8 Å². The molecule has 0 saturated carbocycles. The smallest absolute Gasteiger partial charge is 0.314 e. The van der Waals surface area contributed by atoms with Crippen LogP contribution in [-0.2, 0) is 16.1 Å². The van der Waals surface area contributed by atoms with E-state index in [1.807, 2.05) is 19.1 Å². The number of ether oxygens (including phenoxy) is 2. The number of halogens is 1. The number of esters is 1. The van der Waals surface area contributed by atoms with E-state index in [1.54, 1.807) is 25.3 Å². The van der Waals surface area contributed by atoms with E-state index in [2.05, 4.69) is 10.1 Å². The second-order valence-electron chi connectivity index (χ2n) is 7.47. The standard InChI is InChI=1S/C21H24ClN3O6/c1-12-3-4-14(24-7-12)8-29-18-6-17-15(5-16(18)22)19(25-31-17)13(2)20(28)30-11-21(23,9-26)10-27/h3-7,13,26-27H,8-11,23H2,1-2H3. The largest absolute Gasteiger partial charge is 0.486 e. The molecule has 166 valence electrons. The summed E-state index contributed by atoms with van der Waals surface area (Å²) in [4.78, 5) is 16.7. The highest BCUT2D eigenvalue weighted by atomic mass is 35.5. The van der Waals surface area contributed by atoms with Crippen molar-refractivity contribution in [2.45, 2.75) is 31.9 Å². The van der Waals surface area contributed by atoms with Gasteiger partial charge in [0, 0.05) is 17.6 Å². The average molecular weight is 450 g/mol. The number of benzene rings is 1. The molecular weight excluding hydrogens is 426 g/mol. The predicted octanol–water partition coefficient (Wildman–Crippen LogP) is 2.09. The van der Waals surface area contributed by atoms with Crippen LogP contribution in [0.15, 0.2) is 35.0 Å². The van der Waals surface area contributed by atoms with Gasteiger partial charge in [-0.3, -0.25) is 9.78 Å². The Morgan fingerprint density at radius 1 is 1.32 bits per heavy atom. The van der Waals surface area contributed by atoms with Crippen LogP contribution in [0.25, 0.3) is 11.0 Å². The van der Waals surface area contributed by atoms with Crippen LogP contribution in [0.1, 0.15) is 29.8 Å². The van der Waals surface area contributed by atoms with E-state index >= 15 is 0 Å². The number of nitrogens with zero attached hydrogens (tertiary/aromatic N) is 2. The highest BCUT2D eigenvalue weighted by Crippen LogP contribution is 2.34. The van der Waals surface area contributed by atoms with Crippen LogP contribution in [0.5, 0.6) is 5.75 Å². The van der Waals surface area contributed by atoms with Crippen LogP contribution in [0.3, 0.4) is 0 Å². The molecule has 3 aromatic rings. The lowest BCUT2D eigenvalue weighted by Gasteiger charge is -2.24. The van der Waals surface area contributed by atoms with Crippen LogP contribution in [0.2, 0.25) is 5.02 Å². The zero-order valence-electron chi connectivity index (χ0n) is 17.2. The Morgan fingerprint density at radius 3 is 2.71 bits per heavy atom. The third-order valence-electron chi connectivity index (χ3n) is 4.80. The molecule has 0 aliphatic carbocycles. The molecule has 0 fully saturated rings. The number of carbonyl (C=O) groups excluding carboxylic acids is 1. The lowest BCUT2D eigenvalue weighted by atomic mass is 10.0. The van der Waals surface area contributed by atoms with Gasteiger partial charge >= 0.3 is 5.97 Å². The van der Waals surface area contributed by atoms with Gasteiger partial charge in [0.05, 0.1) is 29.5 Å². The molecule has 0 bridgehead atoms. The fourth-order valence-corrected chi connectivity index (χ4v) is 2.93. The van der Waals surface area contributed by atoms with E-state index in [-0.39, 0.29) is 13.2 Å². The number of hydrogen-bond acceptors (Lipinski definition) is 9. The predicted molar refractivity (Wildman–Crippen MR) is 113 cm³/mol. The van der Waals surface area contributed by atoms with Gasteiger partial charge in [-0.15, -0.1) is 0 Å². The van der Waals surface area contributed by atoms with Crippen molar-refractivity contribution in [1.82, 2.24) is 10.1 Å². The normalized spacial score (nSPS) is 12.7. The molecule has 1 unspecified atom stereocenters. The van der Waals surface area contributed by atoms with Gasteiger partial charge in [-0.2, -0.15) is 0 Å². The number of aromatic nitrogens is 2. The quantitative estimate of drug-likeness (QED) is 0.418. The molecule has 9 nitrogen and oxygen atoms in total. The lowest BCUT2D eigenvalue weighted by molar-refractivity contribution is -0.148. The monoisotopic (exact) mass is 449 g/mol. The number of aryl methyl sites for hydroxylation is 1. The summed E-state index contributed by atoms with van der Waals surface area (Å²) < 4.78 is 16.3. The van der Waals surface area contributed by atoms with Crippen molar-refractivity contribution in [2.24, 2.45) is 5.73 Å². The molecule has 0 amide bonds. The van der Waals surface area contributed by atoms with Crippen molar-refractivity contribution in [2.75, 3.05) is 19.8 Å². The summed E-state index contributed by atoms with van der Waals surface area (Å²) in [5, 5.41) is 23.3. The second kappa shape index (κ2) is 9.61. The molecule has 2 heterocycles. The zero-order valence-corrected chi connectivity index (χ0v) is 17.9. The fraction of sp³-hybridized carbons (Fsp3) is 0.381. The molecule has 1 atom stereocenters. The van der Waals surface area contributed by atoms with Gasteiger partial charge in [-0.05, 0) is 31.5 Å². The molecule has 4 N–H and O–H groups in total. The van der Waals surface area contributed by atoms with E-state index in [4.69, 9.17) is 31.3 Å². The maximum absolute atomic E-state index is 12.4. The summed E-state index contributed by atoms with van der Waals surface area (Å²) >= 11 is 6.36. The number of aliphatic hydroxyl groups excluding tert-OH is 2. The Labute approximate surface area is 183 Å². The summed E-state index contributed by atoms with van der Waals surface area (Å²) in [6, 6.07) is 7.02. The molecule has 0 aliphatic heterocycles. The minimum Gasteiger partial charge on any atom is -0.486 e. The number of nitrogens with two attached hydrogens (primary N) is 1. The summed E-state index contributed by atoms with van der Waals surface area (Å²) in [6.07, 6.45) is 1.75. The van der Waals surface area contributed by atoms with Gasteiger partial charge in [0.2, 0.25) is 0 Å². The molecule has 2 aromatic heterocycles. The van der Waals surface area contributed by atoms with E-state index in [1.165, 1.54) is 0 Å². The summed E-state index contributed by atoms with van der Waals surface area (Å²) in [6.45, 7) is 2.36. The summed E-state index contributed by atoms with van der Waals surface area (Å²) in [7, 11) is 0. The van der Waals surface area contributed by atoms with Crippen molar-refractivity contribution in [3.63, 3.8) is 0 Å². The van der Waals surface area contributed by atoms with Crippen molar-refractivity contribution in [3.05, 3.63) is 52.4 Å². The number of aliphatic hydroxyl groups is 2. The fourth-order valence-electron chi connectivity index (χ4n) is 2.71. The Bertz CT molecular complexity index is 1050. The molecular formula is C21H24ClN3O6. The van der Waals surface area contributed by atoms with Gasteiger partial charge in [-0.25, -0.2) is 0 Å². The Balaban J connectivity index is 1.73. The molecule has 10 heteroatoms. The van der Waals surface area contributed by atoms with Gasteiger partial charge in [0.15, 0.2) is 5.58 Å². The topological polar surface area (TPSA) is 141 Å². The molecule has 1 aromatic carbocycles. The third-order valence-corrected chi connectivity index (χ3v) is 5.09. The average Bonchev–Trinajstić information content (AvgIpc) is 3.18. The number of fused-ring (bicyclic) bond motifs is 1. The minimum absolute atomic E-state index is 0.228. The molecule has 31 heavy (non-hydrogen) atoms. The zero-order chi connectivity index (χ0) is 22.6. The minimum atomic E-state index is -1.41. The first-order valence-electron chi connectivity index (χ1n) is 9.56. The first kappa shape index (κ1) is 23.0. The Hall–Kier alpha value is -2.72. The van der Waals surface area contributed by atoms with Gasteiger partial charge in [0.1, 0.15) is 30.6 Å². The van der Waals surface area contributed by atoms with Crippen LogP contribution >= 0.6 is 11.6 Å². The van der Waals surface area contributed by atoms with Crippen LogP contribution < -0.4 is 10.5 Å². The van der Waals surface area contributed by atoms with Crippen molar-refractivity contribution in [1.29, 1.82) is 0 Å². The lowest BCUT2D eigenvalue weighted by Crippen LogP contribution is -2.52. The van der Waals surface area contributed by atoms with Crippen molar-refractivity contribution in [3.8, 4) is 5.75 Å². The van der Waals surface area contributed by atoms with Crippen molar-refractivity contribution < 1.29 is 29.0 Å². The van der Waals surface area contributed by atoms with E-state index in [0.29, 0.717) is 27.4 Å². The van der Waals surface area contributed by atoms with Gasteiger partial charge < -0.3 is 29.9 Å². The summed E-state index contributed by atoms with van der Waals surface area (Å²) in [5.74, 6) is -1.02. The maximum atomic E-state index is 12.4. The van der Waals surface area contributed by atoms with Crippen molar-refractivity contribution >= 4 is 28.5 Å². The van der Waals surface area contributed by atoms with Crippen LogP contribution in [0.4, 0.5) is 0 Å². The molecule has 0 aliphatic rings. The van der Waals surface area contributed by atoms with E-state index in [0.717, 1.165) is 11.3 Å². The number of rotatable bonds is 9. The SMILES string of the molecule is Cc1ccc(COc2cc3onc(C(C)C(=O)OCC(N)(CO)CO)c3cc2Cl)nc1. The molecule has 0 saturated heterocycles. The highest BCUT2D eigenvalue weighted by Gasteiger charge is 2.29. The molecule has 3 rings (SSSR count). The first-order chi connectivity index (χ1) is 14.8. The van der Waals surface area contributed by atoms with Crippen LogP contribution in [-0.4, -0.2) is 51.7 Å². The van der Waals surface area contributed by atoms with Gasteiger partial charge in [0.25, 0.3) is 0 Å². The van der Waals surface area contributed by atoms with E-state index < -0.39 is 30.6 Å². The molecule has 0 spiro atoms. The maximum Gasteiger partial charge on any atom is 0.314 e.